The van der Waals surface area contributed by atoms with Gasteiger partial charge in [0.2, 0.25) is 11.8 Å². The molecule has 6 heteroatoms. The highest BCUT2D eigenvalue weighted by atomic mass is 16.2. The molecule has 6 nitrogen and oxygen atoms in total. The first-order chi connectivity index (χ1) is 16.1. The molecule has 0 aromatic heterocycles. The van der Waals surface area contributed by atoms with Crippen LogP contribution in [0, 0.1) is 23.7 Å². The Kier molecular flexibility index (Phi) is 16.2. The van der Waals surface area contributed by atoms with E-state index in [1.54, 1.807) is 6.08 Å². The number of allylic oxidation sites excluding steroid dienone is 1. The van der Waals surface area contributed by atoms with Gasteiger partial charge in [-0.25, -0.2) is 10.9 Å². The lowest BCUT2D eigenvalue weighted by molar-refractivity contribution is -0.130. The lowest BCUT2D eigenvalue weighted by Gasteiger charge is -2.26. The van der Waals surface area contributed by atoms with Crippen molar-refractivity contribution in [2.45, 2.75) is 111 Å². The van der Waals surface area contributed by atoms with Crippen molar-refractivity contribution >= 4 is 24.2 Å². The van der Waals surface area contributed by atoms with E-state index in [2.05, 4.69) is 27.6 Å². The van der Waals surface area contributed by atoms with Gasteiger partial charge in [0.15, 0.2) is 0 Å². The maximum Gasteiger partial charge on any atom is 0.243 e. The fraction of sp³-hybridized carbons (Fsp3) is 0.778. The van der Waals surface area contributed by atoms with E-state index in [1.807, 2.05) is 33.2 Å². The second-order valence-corrected chi connectivity index (χ2v) is 9.26. The van der Waals surface area contributed by atoms with E-state index in [-0.39, 0.29) is 23.7 Å². The van der Waals surface area contributed by atoms with Gasteiger partial charge in [0.1, 0.15) is 0 Å². The number of hydrogen-bond donors (Lipinski definition) is 2. The Morgan fingerprint density at radius 3 is 1.27 bits per heavy atom. The third-order valence-corrected chi connectivity index (χ3v) is 6.69. The largest absolute Gasteiger partial charge is 0.273 e. The lowest BCUT2D eigenvalue weighted by Crippen LogP contribution is -2.35. The van der Waals surface area contributed by atoms with E-state index in [9.17, 15) is 9.59 Å². The Bertz CT molecular complexity index is 547. The number of nitrogens with zero attached hydrogens (tertiary/aromatic N) is 2. The van der Waals surface area contributed by atoms with E-state index >= 15 is 0 Å². The number of carbonyl (C=O) groups excluding carboxylic acids is 2. The summed E-state index contributed by atoms with van der Waals surface area (Å²) < 4.78 is 0. The van der Waals surface area contributed by atoms with Crippen molar-refractivity contribution in [3.05, 3.63) is 12.7 Å². The average Bonchev–Trinajstić information content (AvgIpc) is 2.87. The van der Waals surface area contributed by atoms with Crippen LogP contribution in [-0.4, -0.2) is 24.2 Å². The van der Waals surface area contributed by atoms with Crippen LogP contribution in [0.2, 0.25) is 0 Å². The highest BCUT2D eigenvalue weighted by Gasteiger charge is 2.30. The standard InChI is InChI=1S/C22H36N4O2.C3H6.C2H6/c27-21(25-23-15-17-7-3-1-4-8-17)19-11-13-20(14-12-19)22(28)26-24-16-18-9-5-2-6-10-18;1-3-2;1-2/h15-20H,1-14H2,(H,25,27)(H,26,28);3H,1H2,2H3;1-2H3/b23-15+,24-16+;;. The zero-order valence-corrected chi connectivity index (χ0v) is 21.4. The van der Waals surface area contributed by atoms with Crippen LogP contribution in [-0.2, 0) is 9.59 Å². The quantitative estimate of drug-likeness (QED) is 0.274. The van der Waals surface area contributed by atoms with Crippen molar-refractivity contribution in [1.82, 2.24) is 10.9 Å². The molecule has 188 valence electrons. The van der Waals surface area contributed by atoms with Gasteiger partial charge in [-0.15, -0.1) is 6.58 Å². The lowest BCUT2D eigenvalue weighted by atomic mass is 9.81. The van der Waals surface area contributed by atoms with Gasteiger partial charge in [-0.1, -0.05) is 58.4 Å². The molecule has 3 fully saturated rings. The summed E-state index contributed by atoms with van der Waals surface area (Å²) in [5.41, 5.74) is 5.44. The van der Waals surface area contributed by atoms with E-state index < -0.39 is 0 Å². The highest BCUT2D eigenvalue weighted by Crippen LogP contribution is 2.29. The highest BCUT2D eigenvalue weighted by molar-refractivity contribution is 5.81. The average molecular weight is 461 g/mol. The number of carbonyl (C=O) groups is 2. The Morgan fingerprint density at radius 1 is 0.667 bits per heavy atom. The third kappa shape index (κ3) is 12.2. The van der Waals surface area contributed by atoms with Gasteiger partial charge in [-0.2, -0.15) is 10.2 Å². The number of hydrazone groups is 2. The van der Waals surface area contributed by atoms with Gasteiger partial charge in [0, 0.05) is 24.3 Å². The van der Waals surface area contributed by atoms with Crippen LogP contribution in [0.5, 0.6) is 0 Å². The summed E-state index contributed by atoms with van der Waals surface area (Å²) in [5, 5.41) is 8.37. The molecule has 2 N–H and O–H groups in total. The van der Waals surface area contributed by atoms with Crippen LogP contribution in [0.25, 0.3) is 0 Å². The maximum atomic E-state index is 12.3. The van der Waals surface area contributed by atoms with E-state index in [0.29, 0.717) is 11.8 Å². The molecule has 0 aliphatic heterocycles. The Morgan fingerprint density at radius 2 is 0.970 bits per heavy atom. The second kappa shape index (κ2) is 18.4. The number of rotatable bonds is 6. The van der Waals surface area contributed by atoms with Crippen LogP contribution >= 0.6 is 0 Å². The molecule has 0 spiro atoms. The van der Waals surface area contributed by atoms with Crippen molar-refractivity contribution in [3.63, 3.8) is 0 Å². The van der Waals surface area contributed by atoms with Gasteiger partial charge in [0.05, 0.1) is 0 Å². The molecule has 0 atom stereocenters. The molecule has 3 aliphatic carbocycles. The molecule has 0 heterocycles. The molecular formula is C27H48N4O2. The van der Waals surface area contributed by atoms with Crippen molar-refractivity contribution < 1.29 is 9.59 Å². The first-order valence-electron chi connectivity index (χ1n) is 13.4. The monoisotopic (exact) mass is 460 g/mol. The van der Waals surface area contributed by atoms with Crippen molar-refractivity contribution in [3.8, 4) is 0 Å². The molecule has 0 saturated heterocycles. The molecule has 0 aromatic carbocycles. The second-order valence-electron chi connectivity index (χ2n) is 9.26. The number of amides is 2. The van der Waals surface area contributed by atoms with Gasteiger partial charge in [-0.05, 0) is 70.1 Å². The molecule has 3 aliphatic rings. The zero-order chi connectivity index (χ0) is 24.3. The van der Waals surface area contributed by atoms with Gasteiger partial charge in [0.25, 0.3) is 0 Å². The molecule has 2 amide bonds. The van der Waals surface area contributed by atoms with E-state index in [1.165, 1.54) is 64.2 Å². The third-order valence-electron chi connectivity index (χ3n) is 6.69. The fourth-order valence-electron chi connectivity index (χ4n) is 4.78. The summed E-state index contributed by atoms with van der Waals surface area (Å²) in [6.45, 7) is 9.25. The molecule has 0 unspecified atom stereocenters. The topological polar surface area (TPSA) is 82.9 Å². The van der Waals surface area contributed by atoms with Gasteiger partial charge >= 0.3 is 0 Å². The van der Waals surface area contributed by atoms with Crippen LogP contribution in [0.3, 0.4) is 0 Å². The predicted molar refractivity (Wildman–Crippen MR) is 139 cm³/mol. The number of nitrogens with one attached hydrogen (secondary N) is 2. The van der Waals surface area contributed by atoms with Gasteiger partial charge < -0.3 is 0 Å². The predicted octanol–water partition coefficient (Wildman–Crippen LogP) is 6.38. The molecular weight excluding hydrogens is 412 g/mol. The van der Waals surface area contributed by atoms with Crippen molar-refractivity contribution in [2.24, 2.45) is 33.9 Å². The van der Waals surface area contributed by atoms with Crippen LogP contribution in [0.4, 0.5) is 0 Å². The normalized spacial score (nSPS) is 24.2. The van der Waals surface area contributed by atoms with E-state index in [4.69, 9.17) is 0 Å². The van der Waals surface area contributed by atoms with Crippen LogP contribution < -0.4 is 10.9 Å². The summed E-state index contributed by atoms with van der Waals surface area (Å²) in [6, 6.07) is 0. The summed E-state index contributed by atoms with van der Waals surface area (Å²) >= 11 is 0. The zero-order valence-electron chi connectivity index (χ0n) is 21.4. The smallest absolute Gasteiger partial charge is 0.243 e. The van der Waals surface area contributed by atoms with Crippen molar-refractivity contribution in [1.29, 1.82) is 0 Å². The van der Waals surface area contributed by atoms with Crippen LogP contribution in [0.1, 0.15) is 111 Å². The summed E-state index contributed by atoms with van der Waals surface area (Å²) in [7, 11) is 0. The SMILES string of the molecule is C=CC.CC.O=C(N/N=C/C1CCCCC1)C1CCC(C(=O)N/N=C/C2CCCCC2)CC1. The Labute approximate surface area is 202 Å². The minimum absolute atomic E-state index is 0.00115. The molecule has 33 heavy (non-hydrogen) atoms. The molecule has 3 saturated carbocycles. The summed E-state index contributed by atoms with van der Waals surface area (Å²) in [5.74, 6) is 0.976. The fourth-order valence-corrected chi connectivity index (χ4v) is 4.78. The minimum atomic E-state index is -0.0294. The summed E-state index contributed by atoms with van der Waals surface area (Å²) in [4.78, 5) is 24.6. The maximum absolute atomic E-state index is 12.3. The first kappa shape index (κ1) is 29.1. The molecule has 3 rings (SSSR count). The Balaban J connectivity index is 0.00000101. The summed E-state index contributed by atoms with van der Waals surface area (Å²) in [6.07, 6.45) is 21.0. The Hall–Kier alpha value is -1.98. The van der Waals surface area contributed by atoms with Gasteiger partial charge in [-0.3, -0.25) is 9.59 Å². The molecule has 0 radical (unpaired) electrons. The molecule has 0 bridgehead atoms. The van der Waals surface area contributed by atoms with E-state index in [0.717, 1.165) is 25.7 Å². The molecule has 0 aromatic rings. The van der Waals surface area contributed by atoms with Crippen LogP contribution in [0.15, 0.2) is 22.9 Å². The minimum Gasteiger partial charge on any atom is -0.273 e. The number of hydrogen-bond acceptors (Lipinski definition) is 4. The first-order valence-corrected chi connectivity index (χ1v) is 13.4. The van der Waals surface area contributed by atoms with Crippen molar-refractivity contribution in [2.75, 3.05) is 0 Å².